The minimum Gasteiger partial charge on any atom is -0.459 e. The van der Waals surface area contributed by atoms with E-state index in [1.165, 1.54) is 6.26 Å². The fourth-order valence-electron chi connectivity index (χ4n) is 3.53. The third-order valence-corrected chi connectivity index (χ3v) is 6.81. The molecule has 1 aliphatic rings. The normalized spacial score (nSPS) is 18.4. The van der Waals surface area contributed by atoms with Crippen LogP contribution in [-0.4, -0.2) is 49.9 Å². The van der Waals surface area contributed by atoms with Crippen LogP contribution in [0.25, 0.3) is 0 Å². The first-order chi connectivity index (χ1) is 12.9. The number of amides is 1. The molecule has 0 N–H and O–H groups in total. The first-order valence-corrected chi connectivity index (χ1v) is 11.1. The molecule has 3 rings (SSSR count). The van der Waals surface area contributed by atoms with Crippen molar-refractivity contribution in [2.45, 2.75) is 32.9 Å². The van der Waals surface area contributed by atoms with E-state index >= 15 is 0 Å². The molecule has 27 heavy (non-hydrogen) atoms. The van der Waals surface area contributed by atoms with Gasteiger partial charge in [0.05, 0.1) is 17.8 Å². The molecule has 0 saturated carbocycles. The van der Waals surface area contributed by atoms with E-state index in [2.05, 4.69) is 18.7 Å². The van der Waals surface area contributed by atoms with Crippen LogP contribution in [0.3, 0.4) is 0 Å². The Kier molecular flexibility index (Phi) is 5.89. The van der Waals surface area contributed by atoms with Crippen molar-refractivity contribution in [2.75, 3.05) is 29.5 Å². The molecule has 146 valence electrons. The molecule has 2 aromatic rings. The zero-order valence-electron chi connectivity index (χ0n) is 15.8. The second-order valence-corrected chi connectivity index (χ2v) is 9.03. The molecule has 1 saturated heterocycles. The van der Waals surface area contributed by atoms with Gasteiger partial charge in [-0.05, 0) is 50.1 Å². The van der Waals surface area contributed by atoms with Crippen molar-refractivity contribution in [1.29, 1.82) is 0 Å². The molecule has 0 aliphatic carbocycles. The lowest BCUT2D eigenvalue weighted by Crippen LogP contribution is -2.40. The van der Waals surface area contributed by atoms with Gasteiger partial charge >= 0.3 is 0 Å². The zero-order chi connectivity index (χ0) is 19.4. The van der Waals surface area contributed by atoms with Gasteiger partial charge in [-0.25, -0.2) is 8.42 Å². The molecule has 1 atom stereocenters. The number of benzene rings is 1. The fraction of sp³-hybridized carbons (Fsp3) is 0.450. The van der Waals surface area contributed by atoms with Crippen molar-refractivity contribution in [3.63, 3.8) is 0 Å². The number of nitrogens with zero attached hydrogens (tertiary/aromatic N) is 2. The molecule has 0 spiro atoms. The summed E-state index contributed by atoms with van der Waals surface area (Å²) in [7, 11) is -3.09. The third-order valence-electron chi connectivity index (χ3n) is 5.06. The molecular weight excluding hydrogens is 364 g/mol. The molecule has 1 amide bonds. The Labute approximate surface area is 160 Å². The first kappa shape index (κ1) is 19.5. The van der Waals surface area contributed by atoms with Gasteiger partial charge in [0, 0.05) is 31.4 Å². The summed E-state index contributed by atoms with van der Waals surface area (Å²) in [6.07, 6.45) is 1.92. The topological polar surface area (TPSA) is 70.8 Å². The Balaban J connectivity index is 1.82. The summed E-state index contributed by atoms with van der Waals surface area (Å²) in [6, 6.07) is 11.0. The lowest BCUT2D eigenvalue weighted by molar-refractivity contribution is 0.0648. The van der Waals surface area contributed by atoms with Crippen molar-refractivity contribution in [2.24, 2.45) is 0 Å². The maximum absolute atomic E-state index is 12.9. The second-order valence-electron chi connectivity index (χ2n) is 6.81. The second kappa shape index (κ2) is 8.17. The van der Waals surface area contributed by atoms with Crippen molar-refractivity contribution in [3.05, 3.63) is 54.0 Å². The maximum Gasteiger partial charge on any atom is 0.290 e. The molecule has 7 heteroatoms. The van der Waals surface area contributed by atoms with Crippen LogP contribution in [0, 0.1) is 0 Å². The zero-order valence-corrected chi connectivity index (χ0v) is 16.6. The lowest BCUT2D eigenvalue weighted by Gasteiger charge is -2.28. The Morgan fingerprint density at radius 1 is 1.15 bits per heavy atom. The quantitative estimate of drug-likeness (QED) is 0.727. The van der Waals surface area contributed by atoms with Gasteiger partial charge in [-0.1, -0.05) is 12.1 Å². The highest BCUT2D eigenvalue weighted by molar-refractivity contribution is 7.91. The van der Waals surface area contributed by atoms with Crippen molar-refractivity contribution in [1.82, 2.24) is 4.90 Å². The van der Waals surface area contributed by atoms with Crippen LogP contribution in [-0.2, 0) is 16.4 Å². The van der Waals surface area contributed by atoms with Gasteiger partial charge in [-0.15, -0.1) is 0 Å². The van der Waals surface area contributed by atoms with E-state index in [1.54, 1.807) is 17.0 Å². The fourth-order valence-corrected chi connectivity index (χ4v) is 5.26. The molecule has 0 radical (unpaired) electrons. The number of hydrogen-bond donors (Lipinski definition) is 0. The highest BCUT2D eigenvalue weighted by Gasteiger charge is 2.35. The number of carbonyl (C=O) groups excluding carboxylic acids is 1. The summed E-state index contributed by atoms with van der Waals surface area (Å²) in [5.41, 5.74) is 2.10. The van der Waals surface area contributed by atoms with Gasteiger partial charge in [-0.3, -0.25) is 4.79 Å². The van der Waals surface area contributed by atoms with Crippen molar-refractivity contribution < 1.29 is 17.6 Å². The molecule has 6 nitrogen and oxygen atoms in total. The number of rotatable bonds is 7. The molecule has 1 fully saturated rings. The molecule has 1 aliphatic heterocycles. The number of anilines is 1. The summed E-state index contributed by atoms with van der Waals surface area (Å²) in [5, 5.41) is 0. The Morgan fingerprint density at radius 3 is 2.37 bits per heavy atom. The van der Waals surface area contributed by atoms with Gasteiger partial charge in [0.1, 0.15) is 0 Å². The third kappa shape index (κ3) is 4.53. The van der Waals surface area contributed by atoms with E-state index < -0.39 is 9.84 Å². The van der Waals surface area contributed by atoms with E-state index in [1.807, 2.05) is 24.3 Å². The van der Waals surface area contributed by atoms with Gasteiger partial charge < -0.3 is 14.2 Å². The highest BCUT2D eigenvalue weighted by atomic mass is 32.2. The van der Waals surface area contributed by atoms with Crippen LogP contribution in [0.4, 0.5) is 5.69 Å². The standard InChI is InChI=1S/C20H26N2O4S/c1-3-21(4-2)17-9-7-16(8-10-17)14-22(18-11-13-27(24,25)15-18)20(23)19-6-5-12-26-19/h5-10,12,18H,3-4,11,13-15H2,1-2H3/t18-/m0/s1. The SMILES string of the molecule is CCN(CC)c1ccc(CN(C(=O)c2ccco2)[C@H]2CCS(=O)(=O)C2)cc1. The van der Waals surface area contributed by atoms with Gasteiger partial charge in [0.2, 0.25) is 0 Å². The average Bonchev–Trinajstić information content (AvgIpc) is 3.31. The minimum atomic E-state index is -3.09. The molecule has 1 aromatic carbocycles. The summed E-state index contributed by atoms with van der Waals surface area (Å²) in [5.74, 6) is 0.103. The monoisotopic (exact) mass is 390 g/mol. The van der Waals surface area contributed by atoms with Crippen LogP contribution < -0.4 is 4.90 Å². The molecule has 0 unspecified atom stereocenters. The average molecular weight is 391 g/mol. The first-order valence-electron chi connectivity index (χ1n) is 9.32. The molecule has 2 heterocycles. The van der Waals surface area contributed by atoms with E-state index in [-0.39, 0.29) is 29.2 Å². The van der Waals surface area contributed by atoms with Crippen molar-refractivity contribution >= 4 is 21.4 Å². The van der Waals surface area contributed by atoms with Crippen LogP contribution in [0.15, 0.2) is 47.1 Å². The summed E-state index contributed by atoms with van der Waals surface area (Å²) < 4.78 is 29.1. The number of hydrogen-bond acceptors (Lipinski definition) is 5. The summed E-state index contributed by atoms with van der Waals surface area (Å²) in [4.78, 5) is 16.8. The molecule has 0 bridgehead atoms. The van der Waals surface area contributed by atoms with Crippen LogP contribution >= 0.6 is 0 Å². The Hall–Kier alpha value is -2.28. The number of carbonyl (C=O) groups is 1. The van der Waals surface area contributed by atoms with Gasteiger partial charge in [-0.2, -0.15) is 0 Å². The predicted molar refractivity (Wildman–Crippen MR) is 106 cm³/mol. The van der Waals surface area contributed by atoms with Gasteiger partial charge in [0.15, 0.2) is 15.6 Å². The summed E-state index contributed by atoms with van der Waals surface area (Å²) in [6.45, 7) is 6.44. The minimum absolute atomic E-state index is 0.0109. The Bertz CT molecular complexity index is 856. The van der Waals surface area contributed by atoms with E-state index in [0.29, 0.717) is 13.0 Å². The van der Waals surface area contributed by atoms with Crippen LogP contribution in [0.5, 0.6) is 0 Å². The maximum atomic E-state index is 12.9. The Morgan fingerprint density at radius 2 is 1.85 bits per heavy atom. The van der Waals surface area contributed by atoms with E-state index in [4.69, 9.17) is 4.42 Å². The van der Waals surface area contributed by atoms with Crippen LogP contribution in [0.2, 0.25) is 0 Å². The smallest absolute Gasteiger partial charge is 0.290 e. The van der Waals surface area contributed by atoms with Crippen molar-refractivity contribution in [3.8, 4) is 0 Å². The van der Waals surface area contributed by atoms with E-state index in [0.717, 1.165) is 24.3 Å². The lowest BCUT2D eigenvalue weighted by atomic mass is 10.1. The molecular formula is C20H26N2O4S. The highest BCUT2D eigenvalue weighted by Crippen LogP contribution is 2.23. The number of sulfone groups is 1. The van der Waals surface area contributed by atoms with Gasteiger partial charge in [0.25, 0.3) is 5.91 Å². The number of furan rings is 1. The summed E-state index contributed by atoms with van der Waals surface area (Å²) >= 11 is 0. The van der Waals surface area contributed by atoms with E-state index in [9.17, 15) is 13.2 Å². The predicted octanol–water partition coefficient (Wildman–Crippen LogP) is 2.96. The largest absolute Gasteiger partial charge is 0.459 e. The van der Waals surface area contributed by atoms with Crippen LogP contribution in [0.1, 0.15) is 36.4 Å². The molecule has 1 aromatic heterocycles.